The Balaban J connectivity index is 0.000001000. The highest BCUT2D eigenvalue weighted by Gasteiger charge is 2.29. The molecule has 4 heteroatoms. The fourth-order valence-electron chi connectivity index (χ4n) is 1.59. The lowest BCUT2D eigenvalue weighted by atomic mass is 9.98. The van der Waals surface area contributed by atoms with E-state index < -0.39 is 0 Å². The lowest BCUT2D eigenvalue weighted by molar-refractivity contribution is 0.152. The normalized spacial score (nSPS) is 31.9. The molecule has 3 nitrogen and oxygen atoms in total. The average molecular weight is 182 g/mol. The summed E-state index contributed by atoms with van der Waals surface area (Å²) < 4.78 is 0. The summed E-state index contributed by atoms with van der Waals surface area (Å²) in [6.07, 6.45) is 0. The van der Waals surface area contributed by atoms with Crippen LogP contribution in [0.4, 0.5) is 0 Å². The highest BCUT2D eigenvalue weighted by Crippen LogP contribution is 2.20. The molecule has 1 aliphatic heterocycles. The van der Waals surface area contributed by atoms with Crippen LogP contribution in [0.3, 0.4) is 0 Å². The minimum atomic E-state index is 0. The molecule has 1 saturated heterocycles. The molecular formula is C7H16ClNO2. The number of hydrogen-bond donors (Lipinski definition) is 2. The van der Waals surface area contributed by atoms with Crippen LogP contribution in [0, 0.1) is 11.8 Å². The van der Waals surface area contributed by atoms with E-state index in [1.54, 1.807) is 0 Å². The number of rotatable bonds is 2. The van der Waals surface area contributed by atoms with Crippen molar-refractivity contribution in [2.24, 2.45) is 11.8 Å². The first-order valence-electron chi connectivity index (χ1n) is 3.68. The summed E-state index contributed by atoms with van der Waals surface area (Å²) in [7, 11) is 2.01. The highest BCUT2D eigenvalue weighted by atomic mass is 35.5. The van der Waals surface area contributed by atoms with E-state index in [-0.39, 0.29) is 37.5 Å². The zero-order valence-electron chi connectivity index (χ0n) is 6.73. The smallest absolute Gasteiger partial charge is 0.0475 e. The number of nitrogens with zero attached hydrogens (tertiary/aromatic N) is 1. The fraction of sp³-hybridized carbons (Fsp3) is 1.00. The molecule has 1 aliphatic rings. The van der Waals surface area contributed by atoms with Crippen LogP contribution in [-0.4, -0.2) is 48.5 Å². The molecule has 1 fully saturated rings. The molecule has 0 amide bonds. The molecule has 2 atom stereocenters. The molecule has 0 aromatic carbocycles. The standard InChI is InChI=1S/C7H15NO2.ClH/c1-8-2-6(4-9)7(3-8)5-10;/h6-7,9-10H,2-5H2,1H3;1H/t6-,7-;/m0./s1. The van der Waals surface area contributed by atoms with E-state index in [1.165, 1.54) is 0 Å². The zero-order chi connectivity index (χ0) is 7.56. The van der Waals surface area contributed by atoms with Crippen molar-refractivity contribution in [2.45, 2.75) is 0 Å². The second-order valence-corrected chi connectivity index (χ2v) is 3.11. The molecule has 1 rings (SSSR count). The number of aliphatic hydroxyl groups is 2. The van der Waals surface area contributed by atoms with Gasteiger partial charge in [0.05, 0.1) is 0 Å². The van der Waals surface area contributed by atoms with Gasteiger partial charge >= 0.3 is 0 Å². The Morgan fingerprint density at radius 3 is 1.82 bits per heavy atom. The van der Waals surface area contributed by atoms with Crippen LogP contribution < -0.4 is 0 Å². The summed E-state index contributed by atoms with van der Waals surface area (Å²) in [4.78, 5) is 2.14. The molecule has 11 heavy (non-hydrogen) atoms. The van der Waals surface area contributed by atoms with E-state index >= 15 is 0 Å². The highest BCUT2D eigenvalue weighted by molar-refractivity contribution is 5.85. The Labute approximate surface area is 73.4 Å². The fourth-order valence-corrected chi connectivity index (χ4v) is 1.59. The third-order valence-corrected chi connectivity index (χ3v) is 2.23. The molecule has 0 aliphatic carbocycles. The van der Waals surface area contributed by atoms with Gasteiger partial charge in [-0.3, -0.25) is 0 Å². The van der Waals surface area contributed by atoms with Crippen molar-refractivity contribution in [1.82, 2.24) is 4.90 Å². The summed E-state index contributed by atoms with van der Waals surface area (Å²) >= 11 is 0. The molecule has 0 bridgehead atoms. The lowest BCUT2D eigenvalue weighted by Gasteiger charge is -2.11. The van der Waals surface area contributed by atoms with Crippen LogP contribution in [0.2, 0.25) is 0 Å². The van der Waals surface area contributed by atoms with Crippen molar-refractivity contribution in [3.63, 3.8) is 0 Å². The van der Waals surface area contributed by atoms with Crippen LogP contribution in [0.1, 0.15) is 0 Å². The van der Waals surface area contributed by atoms with E-state index in [1.807, 2.05) is 7.05 Å². The molecule has 0 saturated carbocycles. The lowest BCUT2D eigenvalue weighted by Crippen LogP contribution is -2.19. The van der Waals surface area contributed by atoms with Gasteiger partial charge in [-0.15, -0.1) is 12.4 Å². The molecule has 0 aromatic heterocycles. The van der Waals surface area contributed by atoms with Crippen molar-refractivity contribution in [3.05, 3.63) is 0 Å². The third kappa shape index (κ3) is 2.60. The maximum absolute atomic E-state index is 8.85. The predicted octanol–water partition coefficient (Wildman–Crippen LogP) is -0.429. The minimum Gasteiger partial charge on any atom is -0.396 e. The van der Waals surface area contributed by atoms with Gasteiger partial charge in [-0.05, 0) is 7.05 Å². The molecule has 2 N–H and O–H groups in total. The number of likely N-dealkylation sites (tertiary alicyclic amines) is 1. The van der Waals surface area contributed by atoms with Gasteiger partial charge in [-0.2, -0.15) is 0 Å². The zero-order valence-corrected chi connectivity index (χ0v) is 7.55. The van der Waals surface area contributed by atoms with Crippen molar-refractivity contribution < 1.29 is 10.2 Å². The average Bonchev–Trinajstić information content (AvgIpc) is 2.30. The van der Waals surface area contributed by atoms with Crippen molar-refractivity contribution in [2.75, 3.05) is 33.4 Å². The van der Waals surface area contributed by atoms with Crippen LogP contribution in [0.25, 0.3) is 0 Å². The van der Waals surface area contributed by atoms with Gasteiger partial charge < -0.3 is 15.1 Å². The first kappa shape index (κ1) is 11.2. The van der Waals surface area contributed by atoms with Crippen LogP contribution >= 0.6 is 12.4 Å². The largest absolute Gasteiger partial charge is 0.396 e. The van der Waals surface area contributed by atoms with Crippen LogP contribution in [-0.2, 0) is 0 Å². The minimum absolute atomic E-state index is 0. The Morgan fingerprint density at radius 2 is 1.55 bits per heavy atom. The quantitative estimate of drug-likeness (QED) is 0.608. The van der Waals surface area contributed by atoms with Crippen LogP contribution in [0.15, 0.2) is 0 Å². The SMILES string of the molecule is CN1C[C@@H](CO)[C@H](CO)C1.Cl. The Kier molecular flexibility index (Phi) is 5.01. The number of aliphatic hydroxyl groups excluding tert-OH is 2. The van der Waals surface area contributed by atoms with E-state index in [4.69, 9.17) is 10.2 Å². The van der Waals surface area contributed by atoms with E-state index in [2.05, 4.69) is 4.90 Å². The second kappa shape index (κ2) is 4.93. The first-order chi connectivity index (χ1) is 4.77. The molecule has 1 heterocycles. The van der Waals surface area contributed by atoms with Gasteiger partial charge in [-0.1, -0.05) is 0 Å². The Hall–Kier alpha value is 0.170. The maximum Gasteiger partial charge on any atom is 0.0475 e. The predicted molar refractivity (Wildman–Crippen MR) is 45.9 cm³/mol. The summed E-state index contributed by atoms with van der Waals surface area (Å²) in [5, 5.41) is 17.7. The van der Waals surface area contributed by atoms with Gasteiger partial charge in [-0.25, -0.2) is 0 Å². The van der Waals surface area contributed by atoms with E-state index in [0.717, 1.165) is 13.1 Å². The van der Waals surface area contributed by atoms with Gasteiger partial charge in [0.25, 0.3) is 0 Å². The van der Waals surface area contributed by atoms with Crippen LogP contribution in [0.5, 0.6) is 0 Å². The number of hydrogen-bond acceptors (Lipinski definition) is 3. The van der Waals surface area contributed by atoms with Gasteiger partial charge in [0.1, 0.15) is 0 Å². The molecule has 68 valence electrons. The van der Waals surface area contributed by atoms with E-state index in [9.17, 15) is 0 Å². The summed E-state index contributed by atoms with van der Waals surface area (Å²) in [5.41, 5.74) is 0. The molecule has 0 spiro atoms. The van der Waals surface area contributed by atoms with Crippen molar-refractivity contribution in [1.29, 1.82) is 0 Å². The van der Waals surface area contributed by atoms with Gasteiger partial charge in [0, 0.05) is 38.1 Å². The maximum atomic E-state index is 8.85. The molecule has 0 aromatic rings. The topological polar surface area (TPSA) is 43.7 Å². The molecule has 0 radical (unpaired) electrons. The Bertz CT molecular complexity index is 101. The second-order valence-electron chi connectivity index (χ2n) is 3.11. The molecule has 0 unspecified atom stereocenters. The first-order valence-corrected chi connectivity index (χ1v) is 3.68. The third-order valence-electron chi connectivity index (χ3n) is 2.23. The van der Waals surface area contributed by atoms with Gasteiger partial charge in [0.2, 0.25) is 0 Å². The number of halogens is 1. The van der Waals surface area contributed by atoms with Gasteiger partial charge in [0.15, 0.2) is 0 Å². The Morgan fingerprint density at radius 1 is 1.18 bits per heavy atom. The van der Waals surface area contributed by atoms with Crippen molar-refractivity contribution >= 4 is 12.4 Å². The van der Waals surface area contributed by atoms with Crippen molar-refractivity contribution in [3.8, 4) is 0 Å². The molecular weight excluding hydrogens is 166 g/mol. The monoisotopic (exact) mass is 181 g/mol. The summed E-state index contributed by atoms with van der Waals surface area (Å²) in [6.45, 7) is 2.24. The van der Waals surface area contributed by atoms with E-state index in [0.29, 0.717) is 0 Å². The summed E-state index contributed by atoms with van der Waals surface area (Å²) in [6, 6.07) is 0. The summed E-state index contributed by atoms with van der Waals surface area (Å²) in [5.74, 6) is 0.574.